The number of fused-ring (bicyclic) bond motifs is 2. The molecule has 3 aliphatic heterocycles. The quantitative estimate of drug-likeness (QED) is 0.0588. The molecule has 6 aromatic rings. The Labute approximate surface area is 462 Å². The summed E-state index contributed by atoms with van der Waals surface area (Å²) in [5.74, 6) is -0.0865. The number of aryl methyl sites for hydroxylation is 1. The molecule has 0 bridgehead atoms. The van der Waals surface area contributed by atoms with Crippen LogP contribution in [0.1, 0.15) is 102 Å². The molecule has 79 heavy (non-hydrogen) atoms. The van der Waals surface area contributed by atoms with Gasteiger partial charge in [0.05, 0.1) is 51.9 Å². The molecule has 4 aliphatic rings. The highest BCUT2D eigenvalue weighted by Gasteiger charge is 2.47. The number of carbonyl (C=O) groups is 3. The van der Waals surface area contributed by atoms with E-state index < -0.39 is 47.1 Å². The van der Waals surface area contributed by atoms with Crippen molar-refractivity contribution in [3.63, 3.8) is 0 Å². The monoisotopic (exact) mass is 1100 g/mol. The average Bonchev–Trinajstić information content (AvgIpc) is 4.15. The van der Waals surface area contributed by atoms with E-state index in [0.717, 1.165) is 73.4 Å². The number of phenols is 1. The number of aromatic nitrogens is 4. The minimum atomic E-state index is -0.991. The first-order valence-electron chi connectivity index (χ1n) is 27.2. The maximum Gasteiger partial charge on any atom is 0.319 e. The minimum absolute atomic E-state index is 0.00184. The van der Waals surface area contributed by atoms with Crippen LogP contribution in [0, 0.1) is 41.7 Å². The fourth-order valence-electron chi connectivity index (χ4n) is 11.1. The molecule has 4 atom stereocenters. The molecule has 3 saturated heterocycles. The van der Waals surface area contributed by atoms with Crippen LogP contribution in [-0.4, -0.2) is 134 Å². The molecule has 17 nitrogen and oxygen atoms in total. The smallest absolute Gasteiger partial charge is 0.319 e. The van der Waals surface area contributed by atoms with Crippen molar-refractivity contribution in [1.29, 1.82) is 0 Å². The van der Waals surface area contributed by atoms with Gasteiger partial charge in [-0.25, -0.2) is 19.2 Å². The van der Waals surface area contributed by atoms with E-state index in [0.29, 0.717) is 49.1 Å². The zero-order chi connectivity index (χ0) is 55.8. The van der Waals surface area contributed by atoms with E-state index >= 15 is 8.78 Å². The third-order valence-corrected chi connectivity index (χ3v) is 16.8. The molecule has 3 aromatic heterocycles. The van der Waals surface area contributed by atoms with Crippen LogP contribution in [0.15, 0.2) is 60.2 Å². The van der Waals surface area contributed by atoms with Crippen molar-refractivity contribution in [2.24, 2.45) is 10.8 Å². The lowest BCUT2D eigenvalue weighted by Crippen LogP contribution is -2.58. The molecule has 20 heteroatoms. The van der Waals surface area contributed by atoms with Crippen molar-refractivity contribution in [2.45, 2.75) is 116 Å². The summed E-state index contributed by atoms with van der Waals surface area (Å²) in [6.07, 6.45) is 12.3. The summed E-state index contributed by atoms with van der Waals surface area (Å²) >= 11 is 1.57. The number of halogens is 2. The zero-order valence-electron chi connectivity index (χ0n) is 45.3. The van der Waals surface area contributed by atoms with Crippen molar-refractivity contribution in [2.75, 3.05) is 57.5 Å². The van der Waals surface area contributed by atoms with Crippen molar-refractivity contribution in [1.82, 2.24) is 45.8 Å². The number of terminal acetylenes is 1. The lowest BCUT2D eigenvalue weighted by atomic mass is 9.85. The molecule has 6 heterocycles. The van der Waals surface area contributed by atoms with Crippen LogP contribution in [0.3, 0.4) is 0 Å². The Bertz CT molecular complexity index is 3290. The standard InChI is InChI=1S/C59H68F2N10O7S/c1-7-42-45(60)16-15-38-25-39(72)26-43(48(38)42)50-49(61)51-44(28-62-50)54(71-22-10-8-9-21-64-71)68-57(67-51)78-32-59(19-20-59)31-69-23-17-41(18-24-69)77-30-47(74)66-53(58(4,5)6)56(76)70-29-40(73)27-46(70)55(75)65-34(2)36-11-13-37(14-12-36)52-35(3)63-33-79-52/h1,11-16,25-26,28,33-34,40-41,46,53,64,72-73H,8-10,17-24,27,29-32H2,2-6H3,(H,65,75)(H,66,74)/t34-,40+,46-,53+/m0/s1. The lowest BCUT2D eigenvalue weighted by Gasteiger charge is -2.36. The predicted octanol–water partition coefficient (Wildman–Crippen LogP) is 7.75. The van der Waals surface area contributed by atoms with Gasteiger partial charge in [0.2, 0.25) is 17.7 Å². The number of thiazole rings is 1. The Morgan fingerprint density at radius 3 is 2.49 bits per heavy atom. The van der Waals surface area contributed by atoms with E-state index in [9.17, 15) is 24.6 Å². The van der Waals surface area contributed by atoms with Crippen LogP contribution in [0.25, 0.3) is 43.4 Å². The van der Waals surface area contributed by atoms with E-state index in [4.69, 9.17) is 20.9 Å². The van der Waals surface area contributed by atoms with Gasteiger partial charge in [-0.3, -0.25) is 24.4 Å². The number of aliphatic hydroxyl groups is 1. The Balaban J connectivity index is 0.746. The number of aliphatic hydroxyl groups excluding tert-OH is 1. The van der Waals surface area contributed by atoms with Crippen LogP contribution in [0.2, 0.25) is 0 Å². The maximum atomic E-state index is 17.1. The summed E-state index contributed by atoms with van der Waals surface area (Å²) in [6.45, 7) is 12.9. The number of hydrazine groups is 1. The summed E-state index contributed by atoms with van der Waals surface area (Å²) < 4.78 is 44.7. The normalized spacial score (nSPS) is 19.7. The maximum absolute atomic E-state index is 17.1. The highest BCUT2D eigenvalue weighted by Crippen LogP contribution is 2.47. The second-order valence-corrected chi connectivity index (χ2v) is 23.6. The number of carbonyl (C=O) groups excluding carboxylic acids is 3. The van der Waals surface area contributed by atoms with E-state index in [-0.39, 0.29) is 82.5 Å². The number of hydrogen-bond acceptors (Lipinski definition) is 15. The van der Waals surface area contributed by atoms with Gasteiger partial charge in [-0.1, -0.05) is 63.4 Å². The first-order valence-corrected chi connectivity index (χ1v) is 28.1. The highest BCUT2D eigenvalue weighted by atomic mass is 32.1. The van der Waals surface area contributed by atoms with Crippen LogP contribution >= 0.6 is 11.3 Å². The number of ether oxygens (including phenoxy) is 2. The van der Waals surface area contributed by atoms with Gasteiger partial charge >= 0.3 is 6.01 Å². The van der Waals surface area contributed by atoms with Gasteiger partial charge in [0, 0.05) is 68.3 Å². The first-order chi connectivity index (χ1) is 37.9. The number of phenolic OH excluding ortho intramolecular Hbond substituents is 1. The number of likely N-dealkylation sites (tertiary alicyclic amines) is 2. The first kappa shape index (κ1) is 55.4. The number of hydrogen-bond donors (Lipinski definition) is 5. The van der Waals surface area contributed by atoms with Gasteiger partial charge in [-0.2, -0.15) is 9.97 Å². The van der Waals surface area contributed by atoms with Gasteiger partial charge in [-0.15, -0.1) is 17.8 Å². The number of anilines is 1. The number of β-amino-alcohol motifs (C(OH)–C–C–N with tert-alkyl or cyclic N) is 1. The number of rotatable bonds is 16. The van der Waals surface area contributed by atoms with Gasteiger partial charge in [0.15, 0.2) is 11.6 Å². The Morgan fingerprint density at radius 2 is 1.78 bits per heavy atom. The zero-order valence-corrected chi connectivity index (χ0v) is 46.1. The number of piperidine rings is 1. The molecular formula is C59H68F2N10O7S. The third kappa shape index (κ3) is 12.2. The van der Waals surface area contributed by atoms with Crippen LogP contribution < -0.4 is 25.8 Å². The van der Waals surface area contributed by atoms with Crippen molar-refractivity contribution in [3.8, 4) is 45.8 Å². The van der Waals surface area contributed by atoms with Gasteiger partial charge < -0.3 is 40.1 Å². The van der Waals surface area contributed by atoms with E-state index in [1.54, 1.807) is 11.3 Å². The molecule has 0 radical (unpaired) electrons. The Morgan fingerprint density at radius 1 is 1.01 bits per heavy atom. The molecule has 3 amide bonds. The number of benzene rings is 3. The molecule has 0 spiro atoms. The molecule has 0 unspecified atom stereocenters. The molecule has 10 rings (SSSR count). The van der Waals surface area contributed by atoms with Crippen molar-refractivity contribution < 1.29 is 42.9 Å². The molecular weight excluding hydrogens is 1030 g/mol. The van der Waals surface area contributed by atoms with E-state index in [2.05, 4.69) is 41.8 Å². The molecule has 416 valence electrons. The number of nitrogens with zero attached hydrogens (tertiary/aromatic N) is 7. The Hall–Kier alpha value is -6.89. The summed E-state index contributed by atoms with van der Waals surface area (Å²) in [5.41, 5.74) is 7.04. The van der Waals surface area contributed by atoms with Crippen molar-refractivity contribution >= 4 is 56.6 Å². The molecule has 3 aromatic carbocycles. The minimum Gasteiger partial charge on any atom is -0.508 e. The fourth-order valence-corrected chi connectivity index (χ4v) is 12.0. The SMILES string of the molecule is C#Cc1c(F)ccc2cc(O)cc(-c3ncc4c(N5CCCCCN5)nc(OCC5(CN6CCC(OCC(=O)N[C@H](C(=O)N7C[C@H](O)C[C@H]7C(=O)N[C@@H](C)c7ccc(-c8scnc8C)cc7)C(C)(C)C)CC6)CC5)nc4c3F)c12. The number of amides is 3. The number of pyridine rings is 1. The van der Waals surface area contributed by atoms with Crippen LogP contribution in [0.5, 0.6) is 11.8 Å². The molecule has 1 aliphatic carbocycles. The third-order valence-electron chi connectivity index (χ3n) is 15.8. The summed E-state index contributed by atoms with van der Waals surface area (Å²) in [6, 6.07) is 11.1. The molecule has 1 saturated carbocycles. The highest BCUT2D eigenvalue weighted by molar-refractivity contribution is 7.13. The number of aromatic hydroxyl groups is 1. The second kappa shape index (κ2) is 23.1. The van der Waals surface area contributed by atoms with E-state index in [1.165, 1.54) is 35.4 Å². The fraction of sp³-hybridized carbons (Fsp3) is 0.475. The number of nitrogens with one attached hydrogen (secondary N) is 3. The van der Waals surface area contributed by atoms with Gasteiger partial charge in [0.1, 0.15) is 41.5 Å². The summed E-state index contributed by atoms with van der Waals surface area (Å²) in [7, 11) is 0. The predicted molar refractivity (Wildman–Crippen MR) is 298 cm³/mol. The molecule has 5 N–H and O–H groups in total. The average molecular weight is 1100 g/mol. The van der Waals surface area contributed by atoms with Gasteiger partial charge in [0.25, 0.3) is 0 Å². The second-order valence-electron chi connectivity index (χ2n) is 22.7. The Kier molecular flexibility index (Phi) is 16.2. The van der Waals surface area contributed by atoms with Gasteiger partial charge in [-0.05, 0) is 92.5 Å². The van der Waals surface area contributed by atoms with Crippen LogP contribution in [-0.2, 0) is 19.1 Å². The van der Waals surface area contributed by atoms with E-state index in [1.807, 2.05) is 69.4 Å². The topological polar surface area (TPSA) is 208 Å². The summed E-state index contributed by atoms with van der Waals surface area (Å²) in [4.78, 5) is 64.9. The largest absolute Gasteiger partial charge is 0.508 e. The molecule has 4 fully saturated rings. The lowest BCUT2D eigenvalue weighted by molar-refractivity contribution is -0.145. The van der Waals surface area contributed by atoms with Crippen LogP contribution in [0.4, 0.5) is 14.6 Å². The van der Waals surface area contributed by atoms with Crippen molar-refractivity contribution in [3.05, 3.63) is 88.7 Å². The summed E-state index contributed by atoms with van der Waals surface area (Å²) in [5, 5.41) is 30.3.